The molecule has 5 rings (SSSR count). The first kappa shape index (κ1) is 26.1. The third-order valence-electron chi connectivity index (χ3n) is 6.84. The number of nitrogens with one attached hydrogen (secondary N) is 3. The number of aromatic amines is 1. The SMILES string of the molecule is COc1ccc(C[C@H](NC(=O)c2nc3ccccc3[nH]2)C(=O)N[C@@H](Cc2ccccc2)C(=O)[C@@]2(C)CO2)cc1. The van der Waals surface area contributed by atoms with Crippen LogP contribution in [-0.2, 0) is 27.2 Å². The van der Waals surface area contributed by atoms with E-state index in [1.54, 1.807) is 32.2 Å². The fourth-order valence-electron chi connectivity index (χ4n) is 4.44. The van der Waals surface area contributed by atoms with Crippen LogP contribution in [0.25, 0.3) is 11.0 Å². The summed E-state index contributed by atoms with van der Waals surface area (Å²) >= 11 is 0. The van der Waals surface area contributed by atoms with Crippen LogP contribution in [0.2, 0.25) is 0 Å². The van der Waals surface area contributed by atoms with Crippen molar-refractivity contribution in [3.63, 3.8) is 0 Å². The number of ketones is 1. The molecule has 0 spiro atoms. The summed E-state index contributed by atoms with van der Waals surface area (Å²) in [6.45, 7) is 2.03. The quantitative estimate of drug-likeness (QED) is 0.258. The van der Waals surface area contributed by atoms with Gasteiger partial charge in [-0.05, 0) is 48.7 Å². The molecule has 0 unspecified atom stereocenters. The highest BCUT2D eigenvalue weighted by atomic mass is 16.6. The summed E-state index contributed by atoms with van der Waals surface area (Å²) in [6, 6.07) is 22.2. The number of methoxy groups -OCH3 is 1. The molecule has 1 saturated heterocycles. The number of imidazole rings is 1. The minimum atomic E-state index is -0.974. The number of rotatable bonds is 11. The van der Waals surface area contributed by atoms with Crippen molar-refractivity contribution >= 4 is 28.6 Å². The van der Waals surface area contributed by atoms with Crippen molar-refractivity contribution in [1.82, 2.24) is 20.6 Å². The lowest BCUT2D eigenvalue weighted by atomic mass is 9.94. The molecule has 3 N–H and O–H groups in total. The maximum Gasteiger partial charge on any atom is 0.287 e. The Hall–Kier alpha value is -4.50. The van der Waals surface area contributed by atoms with E-state index in [1.165, 1.54) is 0 Å². The van der Waals surface area contributed by atoms with E-state index in [0.717, 1.165) is 11.1 Å². The van der Waals surface area contributed by atoms with Crippen LogP contribution >= 0.6 is 0 Å². The number of fused-ring (bicyclic) bond motifs is 1. The largest absolute Gasteiger partial charge is 0.497 e. The van der Waals surface area contributed by atoms with Crippen molar-refractivity contribution in [3.8, 4) is 5.75 Å². The Morgan fingerprint density at radius 2 is 1.56 bits per heavy atom. The Morgan fingerprint density at radius 3 is 2.23 bits per heavy atom. The van der Waals surface area contributed by atoms with Gasteiger partial charge in [0.25, 0.3) is 5.91 Å². The molecule has 200 valence electrons. The number of epoxide rings is 1. The van der Waals surface area contributed by atoms with Crippen molar-refractivity contribution in [3.05, 3.63) is 95.8 Å². The number of H-pyrrole nitrogens is 1. The van der Waals surface area contributed by atoms with Crippen molar-refractivity contribution in [2.75, 3.05) is 13.7 Å². The third kappa shape index (κ3) is 6.15. The lowest BCUT2D eigenvalue weighted by Crippen LogP contribution is -2.55. The standard InChI is InChI=1S/C30H30N4O5/c1-30(18-39-30)26(35)24(16-19-8-4-3-5-9-19)33-28(36)25(17-20-12-14-21(38-2)15-13-20)34-29(37)27-31-22-10-6-7-11-23(22)32-27/h3-15,24-25H,16-18H2,1-2H3,(H,31,32)(H,33,36)(H,34,37)/t24-,25-,30+/m0/s1. The van der Waals surface area contributed by atoms with Crippen LogP contribution in [0.15, 0.2) is 78.9 Å². The number of amides is 2. The topological polar surface area (TPSA) is 126 Å². The molecule has 9 nitrogen and oxygen atoms in total. The molecule has 0 saturated carbocycles. The van der Waals surface area contributed by atoms with Gasteiger partial charge in [0.1, 0.15) is 17.4 Å². The summed E-state index contributed by atoms with van der Waals surface area (Å²) < 4.78 is 10.6. The fraction of sp³-hybridized carbons (Fsp3) is 0.267. The Bertz CT molecular complexity index is 1450. The number of nitrogens with zero attached hydrogens (tertiary/aromatic N) is 1. The summed E-state index contributed by atoms with van der Waals surface area (Å²) in [5.41, 5.74) is 2.15. The van der Waals surface area contributed by atoms with Gasteiger partial charge in [0, 0.05) is 6.42 Å². The lowest BCUT2D eigenvalue weighted by Gasteiger charge is -2.24. The van der Waals surface area contributed by atoms with E-state index >= 15 is 0 Å². The van der Waals surface area contributed by atoms with Gasteiger partial charge in [0.2, 0.25) is 5.91 Å². The molecule has 0 aliphatic carbocycles. The molecular weight excluding hydrogens is 496 g/mol. The van der Waals surface area contributed by atoms with E-state index in [9.17, 15) is 14.4 Å². The number of hydrogen-bond acceptors (Lipinski definition) is 6. The molecule has 1 aliphatic rings. The normalized spacial score (nSPS) is 17.7. The van der Waals surface area contributed by atoms with E-state index < -0.39 is 29.5 Å². The first-order valence-electron chi connectivity index (χ1n) is 12.8. The van der Waals surface area contributed by atoms with E-state index in [-0.39, 0.29) is 18.0 Å². The fourth-order valence-corrected chi connectivity index (χ4v) is 4.44. The maximum atomic E-state index is 13.7. The number of carbonyl (C=O) groups is 3. The zero-order valence-corrected chi connectivity index (χ0v) is 21.8. The van der Waals surface area contributed by atoms with Gasteiger partial charge in [-0.25, -0.2) is 4.98 Å². The monoisotopic (exact) mass is 526 g/mol. The maximum absolute atomic E-state index is 13.7. The van der Waals surface area contributed by atoms with Gasteiger partial charge in [-0.2, -0.15) is 0 Å². The number of Topliss-reactive ketones (excluding diaryl/α,β-unsaturated/α-hetero) is 1. The molecule has 4 aromatic rings. The second kappa shape index (κ2) is 11.1. The number of aromatic nitrogens is 2. The van der Waals surface area contributed by atoms with Gasteiger partial charge in [-0.3, -0.25) is 14.4 Å². The van der Waals surface area contributed by atoms with Crippen molar-refractivity contribution in [1.29, 1.82) is 0 Å². The molecule has 9 heteroatoms. The van der Waals surface area contributed by atoms with Gasteiger partial charge in [0.05, 0.1) is 30.8 Å². The number of carbonyl (C=O) groups excluding carboxylic acids is 3. The van der Waals surface area contributed by atoms with Gasteiger partial charge in [0.15, 0.2) is 11.6 Å². The average Bonchev–Trinajstić information content (AvgIpc) is 3.56. The lowest BCUT2D eigenvalue weighted by molar-refractivity contribution is -0.131. The predicted molar refractivity (Wildman–Crippen MR) is 145 cm³/mol. The van der Waals surface area contributed by atoms with E-state index in [1.807, 2.05) is 60.7 Å². The summed E-state index contributed by atoms with van der Waals surface area (Å²) in [6.07, 6.45) is 0.499. The van der Waals surface area contributed by atoms with Crippen molar-refractivity contribution in [2.45, 2.75) is 37.5 Å². The summed E-state index contributed by atoms with van der Waals surface area (Å²) in [5, 5.41) is 5.71. The number of para-hydroxylation sites is 2. The molecule has 3 atom stereocenters. The Labute approximate surface area is 225 Å². The molecule has 1 fully saturated rings. The van der Waals surface area contributed by atoms with E-state index in [4.69, 9.17) is 9.47 Å². The van der Waals surface area contributed by atoms with Gasteiger partial charge < -0.3 is 25.1 Å². The van der Waals surface area contributed by atoms with Crippen LogP contribution < -0.4 is 15.4 Å². The molecule has 0 radical (unpaired) electrons. The van der Waals surface area contributed by atoms with Crippen LogP contribution in [-0.4, -0.2) is 59.0 Å². The number of ether oxygens (including phenoxy) is 2. The second-order valence-corrected chi connectivity index (χ2v) is 9.82. The van der Waals surface area contributed by atoms with Gasteiger partial charge in [-0.1, -0.05) is 54.6 Å². The molecule has 0 bridgehead atoms. The zero-order chi connectivity index (χ0) is 27.4. The minimum Gasteiger partial charge on any atom is -0.497 e. The molecular formula is C30H30N4O5. The summed E-state index contributed by atoms with van der Waals surface area (Å²) in [4.78, 5) is 47.6. The Morgan fingerprint density at radius 1 is 0.923 bits per heavy atom. The van der Waals surface area contributed by atoms with Crippen LogP contribution in [0, 0.1) is 0 Å². The van der Waals surface area contributed by atoms with E-state index in [2.05, 4.69) is 20.6 Å². The first-order chi connectivity index (χ1) is 18.8. The predicted octanol–water partition coefficient (Wildman–Crippen LogP) is 3.00. The van der Waals surface area contributed by atoms with Crippen molar-refractivity contribution in [2.24, 2.45) is 0 Å². The minimum absolute atomic E-state index is 0.0968. The van der Waals surface area contributed by atoms with Crippen LogP contribution in [0.4, 0.5) is 0 Å². The molecule has 39 heavy (non-hydrogen) atoms. The highest BCUT2D eigenvalue weighted by Crippen LogP contribution is 2.29. The van der Waals surface area contributed by atoms with Crippen LogP contribution in [0.3, 0.4) is 0 Å². The van der Waals surface area contributed by atoms with E-state index in [0.29, 0.717) is 29.8 Å². The number of hydrogen-bond donors (Lipinski definition) is 3. The summed E-state index contributed by atoms with van der Waals surface area (Å²) in [7, 11) is 1.58. The average molecular weight is 527 g/mol. The van der Waals surface area contributed by atoms with Crippen molar-refractivity contribution < 1.29 is 23.9 Å². The zero-order valence-electron chi connectivity index (χ0n) is 21.8. The molecule has 2 heterocycles. The first-order valence-corrected chi connectivity index (χ1v) is 12.8. The molecule has 2 amide bonds. The van der Waals surface area contributed by atoms with Gasteiger partial charge >= 0.3 is 0 Å². The Kier molecular flexibility index (Phi) is 7.42. The highest BCUT2D eigenvalue weighted by molar-refractivity contribution is 6.00. The number of benzene rings is 3. The van der Waals surface area contributed by atoms with Gasteiger partial charge in [-0.15, -0.1) is 0 Å². The van der Waals surface area contributed by atoms with Crippen LogP contribution in [0.5, 0.6) is 5.75 Å². The third-order valence-corrected chi connectivity index (χ3v) is 6.84. The molecule has 1 aliphatic heterocycles. The van der Waals surface area contributed by atoms with Crippen LogP contribution in [0.1, 0.15) is 28.7 Å². The summed E-state index contributed by atoms with van der Waals surface area (Å²) in [5.74, 6) is -0.430. The molecule has 3 aromatic carbocycles. The second-order valence-electron chi connectivity index (χ2n) is 9.82. The highest BCUT2D eigenvalue weighted by Gasteiger charge is 2.50. The molecule has 1 aromatic heterocycles. The Balaban J connectivity index is 1.39. The smallest absolute Gasteiger partial charge is 0.287 e.